The van der Waals surface area contributed by atoms with Gasteiger partial charge in [-0.1, -0.05) is 18.2 Å². The normalized spacial score (nSPS) is 12.2. The number of nitrogens with two attached hydrogens (primary N) is 1. The highest BCUT2D eigenvalue weighted by Gasteiger charge is 2.31. The van der Waals surface area contributed by atoms with Crippen molar-refractivity contribution in [2.45, 2.75) is 9.10 Å². The monoisotopic (exact) mass is 465 g/mol. The van der Waals surface area contributed by atoms with Gasteiger partial charge < -0.3 is 15.9 Å². The van der Waals surface area contributed by atoms with E-state index < -0.39 is 9.84 Å². The number of anilines is 1. The fraction of sp³-hybridized carbons (Fsp3) is 0. The molecule has 0 saturated heterocycles. The summed E-state index contributed by atoms with van der Waals surface area (Å²) >= 11 is 1.08. The third-order valence-corrected chi connectivity index (χ3v) is 7.99. The van der Waals surface area contributed by atoms with Crippen molar-refractivity contribution < 1.29 is 18.6 Å². The van der Waals surface area contributed by atoms with Gasteiger partial charge in [0.05, 0.1) is 17.2 Å². The molecule has 3 aromatic heterocycles. The molecule has 0 bridgehead atoms. The zero-order chi connectivity index (χ0) is 22.5. The van der Waals surface area contributed by atoms with Crippen molar-refractivity contribution >= 4 is 55.4 Å². The zero-order valence-corrected chi connectivity index (χ0v) is 17.9. The molecule has 5 rings (SSSR count). The van der Waals surface area contributed by atoms with Gasteiger partial charge >= 0.3 is 0 Å². The summed E-state index contributed by atoms with van der Waals surface area (Å²) in [6, 6.07) is 14.4. The number of aromatic hydroxyl groups is 2. The van der Waals surface area contributed by atoms with Crippen molar-refractivity contribution in [2.24, 2.45) is 5.10 Å². The molecule has 2 aromatic carbocycles. The maximum atomic E-state index is 13.4. The van der Waals surface area contributed by atoms with E-state index in [1.54, 1.807) is 35.7 Å². The molecule has 0 unspecified atom stereocenters. The zero-order valence-electron chi connectivity index (χ0n) is 16.2. The maximum Gasteiger partial charge on any atom is 0.221 e. The Kier molecular flexibility index (Phi) is 4.57. The van der Waals surface area contributed by atoms with E-state index in [-0.39, 0.29) is 37.6 Å². The van der Waals surface area contributed by atoms with Crippen LogP contribution in [0.25, 0.3) is 22.2 Å². The summed E-state index contributed by atoms with van der Waals surface area (Å²) in [4.78, 5) is 8.92. The number of phenolic OH excluding ortho intramolecular Hbond substituents is 2. The van der Waals surface area contributed by atoms with Gasteiger partial charge in [-0.3, -0.25) is 0 Å². The molecule has 32 heavy (non-hydrogen) atoms. The highest BCUT2D eigenvalue weighted by Crippen LogP contribution is 2.36. The average Bonchev–Trinajstić information content (AvgIpc) is 3.40. The van der Waals surface area contributed by atoms with Crippen molar-refractivity contribution in [3.05, 3.63) is 65.5 Å². The number of fused-ring (bicyclic) bond motifs is 2. The topological polar surface area (TPSA) is 144 Å². The Balaban J connectivity index is 1.79. The Hall–Kier alpha value is -3.96. The molecule has 4 N–H and O–H groups in total. The van der Waals surface area contributed by atoms with E-state index in [2.05, 4.69) is 15.1 Å². The first kappa shape index (κ1) is 20.0. The number of para-hydroxylation sites is 2. The Bertz CT molecular complexity index is 1620. The van der Waals surface area contributed by atoms with Crippen molar-refractivity contribution in [3.63, 3.8) is 0 Å². The molecule has 0 aliphatic heterocycles. The van der Waals surface area contributed by atoms with Gasteiger partial charge in [-0.05, 0) is 47.3 Å². The van der Waals surface area contributed by atoms with E-state index in [9.17, 15) is 18.6 Å². The number of hydrogen-bond donors (Lipinski definition) is 3. The highest BCUT2D eigenvalue weighted by molar-refractivity contribution is 7.93. The number of hydrogen-bond acceptors (Lipinski definition) is 9. The summed E-state index contributed by atoms with van der Waals surface area (Å²) in [6.07, 6.45) is 1.37. The highest BCUT2D eigenvalue weighted by atomic mass is 32.2. The number of benzene rings is 2. The van der Waals surface area contributed by atoms with Crippen LogP contribution in [0.2, 0.25) is 0 Å². The fourth-order valence-electron chi connectivity index (χ4n) is 3.27. The Labute approximate surface area is 185 Å². The Morgan fingerprint density at radius 2 is 1.75 bits per heavy atom. The lowest BCUT2D eigenvalue weighted by Crippen LogP contribution is -2.05. The van der Waals surface area contributed by atoms with Gasteiger partial charge in [-0.2, -0.15) is 9.78 Å². The van der Waals surface area contributed by atoms with Crippen LogP contribution in [0.15, 0.2) is 74.2 Å². The summed E-state index contributed by atoms with van der Waals surface area (Å²) in [7, 11) is -3.97. The molecule has 11 heteroatoms. The molecule has 0 radical (unpaired) electrons. The molecule has 5 aromatic rings. The lowest BCUT2D eigenvalue weighted by Gasteiger charge is -2.02. The molecule has 0 amide bonds. The van der Waals surface area contributed by atoms with E-state index in [1.165, 1.54) is 35.2 Å². The van der Waals surface area contributed by atoms with Crippen LogP contribution in [-0.4, -0.2) is 39.5 Å². The second kappa shape index (κ2) is 7.32. The van der Waals surface area contributed by atoms with E-state index >= 15 is 0 Å². The minimum atomic E-state index is -3.97. The number of phenols is 2. The third-order valence-electron chi connectivity index (χ3n) is 4.78. The van der Waals surface area contributed by atoms with Crippen molar-refractivity contribution in [2.75, 3.05) is 5.73 Å². The fourth-order valence-corrected chi connectivity index (χ4v) is 5.85. The number of nitrogens with zero attached hydrogens (tertiary/aromatic N) is 4. The van der Waals surface area contributed by atoms with Crippen molar-refractivity contribution in [1.82, 2.24) is 14.6 Å². The number of rotatable bonds is 4. The Morgan fingerprint density at radius 1 is 1.00 bits per heavy atom. The van der Waals surface area contributed by atoms with Crippen molar-refractivity contribution in [3.8, 4) is 11.5 Å². The summed E-state index contributed by atoms with van der Waals surface area (Å²) < 4.78 is 28.1. The quantitative estimate of drug-likeness (QED) is 0.273. The predicted octanol–water partition coefficient (Wildman–Crippen LogP) is 3.35. The first-order valence-electron chi connectivity index (χ1n) is 9.28. The lowest BCUT2D eigenvalue weighted by atomic mass is 10.2. The maximum absolute atomic E-state index is 13.4. The van der Waals surface area contributed by atoms with E-state index in [1.807, 2.05) is 0 Å². The summed E-state index contributed by atoms with van der Waals surface area (Å²) in [5.41, 5.74) is 8.11. The minimum Gasteiger partial charge on any atom is -0.504 e. The molecule has 0 fully saturated rings. The van der Waals surface area contributed by atoms with Crippen LogP contribution in [0.1, 0.15) is 5.56 Å². The number of aromatic nitrogens is 3. The standard InChI is InChI=1S/C21H15N5O4S2/c22-20-19(32(29,30)17-6-3-9-31-17)18-21(25-14-5-2-1-4-13(14)24-18)26(20)23-11-12-7-8-15(27)16(28)10-12/h1-11,27-28H,22H2/b23-11+. The van der Waals surface area contributed by atoms with Crippen LogP contribution in [-0.2, 0) is 9.84 Å². The molecule has 3 heterocycles. The van der Waals surface area contributed by atoms with Gasteiger partial charge in [-0.15, -0.1) is 11.3 Å². The summed E-state index contributed by atoms with van der Waals surface area (Å²) in [6.45, 7) is 0. The molecule has 0 atom stereocenters. The molecule has 0 spiro atoms. The van der Waals surface area contributed by atoms with Crippen LogP contribution in [0.5, 0.6) is 11.5 Å². The average molecular weight is 466 g/mol. The van der Waals surface area contributed by atoms with Crippen LogP contribution >= 0.6 is 11.3 Å². The van der Waals surface area contributed by atoms with E-state index in [0.717, 1.165) is 11.3 Å². The van der Waals surface area contributed by atoms with Crippen LogP contribution < -0.4 is 5.73 Å². The molecule has 0 saturated carbocycles. The number of nitrogen functional groups attached to an aromatic ring is 1. The lowest BCUT2D eigenvalue weighted by molar-refractivity contribution is 0.403. The second-order valence-corrected chi connectivity index (χ2v) is 9.90. The van der Waals surface area contributed by atoms with Gasteiger partial charge in [0.15, 0.2) is 17.1 Å². The van der Waals surface area contributed by atoms with Gasteiger partial charge in [-0.25, -0.2) is 18.4 Å². The molecular formula is C21H15N5O4S2. The van der Waals surface area contributed by atoms with Crippen LogP contribution in [0, 0.1) is 0 Å². The number of thiophene rings is 1. The van der Waals surface area contributed by atoms with E-state index in [4.69, 9.17) is 5.73 Å². The van der Waals surface area contributed by atoms with Gasteiger partial charge in [0, 0.05) is 0 Å². The smallest absolute Gasteiger partial charge is 0.221 e. The van der Waals surface area contributed by atoms with Gasteiger partial charge in [0.1, 0.15) is 20.4 Å². The summed E-state index contributed by atoms with van der Waals surface area (Å²) in [5, 5.41) is 25.2. The first-order chi connectivity index (χ1) is 15.4. The molecule has 0 aliphatic rings. The molecule has 0 aliphatic carbocycles. The van der Waals surface area contributed by atoms with Crippen LogP contribution in [0.4, 0.5) is 5.82 Å². The summed E-state index contributed by atoms with van der Waals surface area (Å²) in [5.74, 6) is -0.719. The number of sulfone groups is 1. The predicted molar refractivity (Wildman–Crippen MR) is 122 cm³/mol. The van der Waals surface area contributed by atoms with Gasteiger partial charge in [0.25, 0.3) is 0 Å². The SMILES string of the molecule is Nc1c(S(=O)(=O)c2cccs2)c2nc3ccccc3nc2n1/N=C/c1ccc(O)c(O)c1. The second-order valence-electron chi connectivity index (χ2n) is 6.84. The van der Waals surface area contributed by atoms with Crippen LogP contribution in [0.3, 0.4) is 0 Å². The Morgan fingerprint density at radius 3 is 2.44 bits per heavy atom. The van der Waals surface area contributed by atoms with Gasteiger partial charge in [0.2, 0.25) is 9.84 Å². The third kappa shape index (κ3) is 3.15. The minimum absolute atomic E-state index is 0.111. The largest absolute Gasteiger partial charge is 0.504 e. The molecule has 160 valence electrons. The molecular weight excluding hydrogens is 450 g/mol. The first-order valence-corrected chi connectivity index (χ1v) is 11.6. The van der Waals surface area contributed by atoms with E-state index in [0.29, 0.717) is 16.6 Å². The van der Waals surface area contributed by atoms with Crippen molar-refractivity contribution in [1.29, 1.82) is 0 Å². The molecule has 9 nitrogen and oxygen atoms in total.